The van der Waals surface area contributed by atoms with E-state index in [2.05, 4.69) is 5.32 Å². The van der Waals surface area contributed by atoms with Crippen LogP contribution in [0.3, 0.4) is 0 Å². The smallest absolute Gasteiger partial charge is 0.338 e. The molecule has 0 unspecified atom stereocenters. The number of esters is 1. The number of rotatable bonds is 7. The normalized spacial score (nSPS) is 17.6. The first-order valence-corrected chi connectivity index (χ1v) is 10.9. The number of nitrogens with zero attached hydrogens (tertiary/aromatic N) is 1. The Morgan fingerprint density at radius 2 is 1.89 bits per heavy atom. The van der Waals surface area contributed by atoms with Crippen molar-refractivity contribution >= 4 is 46.1 Å². The number of hydrogen-bond acceptors (Lipinski definition) is 6. The first-order chi connectivity index (χ1) is 13.5. The summed E-state index contributed by atoms with van der Waals surface area (Å²) in [5.74, 6) is -0.0371. The fraction of sp³-hybridized carbons (Fsp3) is 0.500. The second-order valence-electron chi connectivity index (χ2n) is 6.98. The van der Waals surface area contributed by atoms with Gasteiger partial charge < -0.3 is 10.1 Å². The molecule has 28 heavy (non-hydrogen) atoms. The molecular formula is C20H24N2O4S2. The van der Waals surface area contributed by atoms with Gasteiger partial charge in [0.15, 0.2) is 6.61 Å². The van der Waals surface area contributed by atoms with Crippen LogP contribution in [0.15, 0.2) is 24.3 Å². The summed E-state index contributed by atoms with van der Waals surface area (Å²) in [5, 5.41) is 2.63. The Labute approximate surface area is 174 Å². The number of ether oxygens (including phenoxy) is 1. The van der Waals surface area contributed by atoms with Gasteiger partial charge in [-0.1, -0.05) is 55.4 Å². The number of carbonyl (C=O) groups is 3. The van der Waals surface area contributed by atoms with Gasteiger partial charge in [-0.05, 0) is 36.5 Å². The van der Waals surface area contributed by atoms with Gasteiger partial charge in [-0.15, -0.1) is 0 Å². The summed E-state index contributed by atoms with van der Waals surface area (Å²) >= 11 is 6.39. The van der Waals surface area contributed by atoms with Crippen LogP contribution in [0.2, 0.25) is 0 Å². The van der Waals surface area contributed by atoms with E-state index < -0.39 is 11.9 Å². The molecule has 1 saturated heterocycles. The Bertz CT molecular complexity index is 729. The molecule has 0 bridgehead atoms. The van der Waals surface area contributed by atoms with Crippen molar-refractivity contribution in [1.29, 1.82) is 0 Å². The Balaban J connectivity index is 1.39. The number of nitrogens with one attached hydrogen (secondary N) is 1. The molecule has 1 N–H and O–H groups in total. The summed E-state index contributed by atoms with van der Waals surface area (Å²) in [7, 11) is 0. The molecule has 0 atom stereocenters. The van der Waals surface area contributed by atoms with E-state index in [1.165, 1.54) is 54.3 Å². The number of thioether (sulfide) groups is 1. The highest BCUT2D eigenvalue weighted by Gasteiger charge is 2.26. The molecule has 1 aromatic rings. The van der Waals surface area contributed by atoms with Crippen molar-refractivity contribution < 1.29 is 19.1 Å². The molecule has 1 saturated carbocycles. The monoisotopic (exact) mass is 420 g/mol. The topological polar surface area (TPSA) is 75.7 Å². The van der Waals surface area contributed by atoms with E-state index in [0.29, 0.717) is 28.1 Å². The fourth-order valence-corrected chi connectivity index (χ4v) is 4.62. The van der Waals surface area contributed by atoms with Crippen molar-refractivity contribution in [2.75, 3.05) is 25.4 Å². The predicted molar refractivity (Wildman–Crippen MR) is 112 cm³/mol. The third-order valence-electron chi connectivity index (χ3n) is 5.06. The first-order valence-electron chi connectivity index (χ1n) is 9.55. The van der Waals surface area contributed by atoms with Gasteiger partial charge in [0, 0.05) is 13.1 Å². The number of hydrogen-bond donors (Lipinski definition) is 1. The number of thiocarbonyl (C=S) groups is 1. The van der Waals surface area contributed by atoms with Crippen LogP contribution in [0.25, 0.3) is 0 Å². The Morgan fingerprint density at radius 1 is 1.18 bits per heavy atom. The zero-order valence-corrected chi connectivity index (χ0v) is 17.3. The molecule has 0 spiro atoms. The molecule has 2 fully saturated rings. The molecule has 1 heterocycles. The molecule has 3 rings (SSSR count). The maximum absolute atomic E-state index is 12.1. The molecule has 150 valence electrons. The number of benzene rings is 1. The zero-order chi connectivity index (χ0) is 19.9. The Hall–Kier alpha value is -1.93. The Kier molecular flexibility index (Phi) is 7.44. The van der Waals surface area contributed by atoms with Crippen LogP contribution in [0.1, 0.15) is 53.9 Å². The van der Waals surface area contributed by atoms with E-state index in [1.54, 1.807) is 12.1 Å². The van der Waals surface area contributed by atoms with E-state index >= 15 is 0 Å². The summed E-state index contributed by atoms with van der Waals surface area (Å²) in [6.45, 7) is 0.238. The van der Waals surface area contributed by atoms with Gasteiger partial charge >= 0.3 is 5.97 Å². The molecule has 0 aromatic heterocycles. The molecular weight excluding hydrogens is 396 g/mol. The van der Waals surface area contributed by atoms with Crippen LogP contribution < -0.4 is 5.32 Å². The van der Waals surface area contributed by atoms with E-state index in [-0.39, 0.29) is 19.1 Å². The van der Waals surface area contributed by atoms with Gasteiger partial charge in [0.2, 0.25) is 5.91 Å². The van der Waals surface area contributed by atoms with Gasteiger partial charge in [0.05, 0.1) is 11.3 Å². The average Bonchev–Trinajstić information content (AvgIpc) is 3.05. The lowest BCUT2D eigenvalue weighted by Gasteiger charge is -2.21. The maximum Gasteiger partial charge on any atom is 0.338 e. The van der Waals surface area contributed by atoms with Crippen LogP contribution in [0, 0.1) is 0 Å². The quantitative estimate of drug-likeness (QED) is 0.540. The SMILES string of the molecule is O=C(COC(=O)c1ccc(C2CCCCC2)cc1)NCCN1C(=O)CSC1=S. The van der Waals surface area contributed by atoms with Crippen LogP contribution in [0.5, 0.6) is 0 Å². The zero-order valence-electron chi connectivity index (χ0n) is 15.6. The highest BCUT2D eigenvalue weighted by atomic mass is 32.2. The summed E-state index contributed by atoms with van der Waals surface area (Å²) in [6.07, 6.45) is 6.25. The molecule has 0 radical (unpaired) electrons. The maximum atomic E-state index is 12.1. The number of amides is 2. The average molecular weight is 421 g/mol. The lowest BCUT2D eigenvalue weighted by Crippen LogP contribution is -2.38. The van der Waals surface area contributed by atoms with Crippen molar-refractivity contribution in [3.63, 3.8) is 0 Å². The lowest BCUT2D eigenvalue weighted by atomic mass is 9.84. The minimum atomic E-state index is -0.516. The molecule has 1 aromatic carbocycles. The molecule has 8 heteroatoms. The van der Waals surface area contributed by atoms with E-state index in [9.17, 15) is 14.4 Å². The second-order valence-corrected chi connectivity index (χ2v) is 8.59. The summed E-state index contributed by atoms with van der Waals surface area (Å²) < 4.78 is 5.61. The van der Waals surface area contributed by atoms with Crippen LogP contribution >= 0.6 is 24.0 Å². The summed E-state index contributed by atoms with van der Waals surface area (Å²) in [6, 6.07) is 7.50. The van der Waals surface area contributed by atoms with Gasteiger partial charge in [0.1, 0.15) is 4.32 Å². The minimum Gasteiger partial charge on any atom is -0.452 e. The largest absolute Gasteiger partial charge is 0.452 e. The van der Waals surface area contributed by atoms with Crippen LogP contribution in [-0.2, 0) is 14.3 Å². The van der Waals surface area contributed by atoms with Crippen molar-refractivity contribution in [1.82, 2.24) is 10.2 Å². The molecule has 1 aliphatic heterocycles. The first kappa shape index (κ1) is 20.8. The minimum absolute atomic E-state index is 0.0487. The third-order valence-corrected chi connectivity index (χ3v) is 6.49. The predicted octanol–water partition coefficient (Wildman–Crippen LogP) is 2.87. The molecule has 6 nitrogen and oxygen atoms in total. The van der Waals surface area contributed by atoms with Gasteiger partial charge in [0.25, 0.3) is 5.91 Å². The molecule has 2 aliphatic rings. The fourth-order valence-electron chi connectivity index (χ4n) is 3.50. The lowest BCUT2D eigenvalue weighted by molar-refractivity contribution is -0.126. The van der Waals surface area contributed by atoms with Gasteiger partial charge in [-0.3, -0.25) is 14.5 Å². The van der Waals surface area contributed by atoms with E-state index in [1.807, 2.05) is 12.1 Å². The van der Waals surface area contributed by atoms with Crippen molar-refractivity contribution in [3.05, 3.63) is 35.4 Å². The molecule has 2 amide bonds. The van der Waals surface area contributed by atoms with Gasteiger partial charge in [-0.25, -0.2) is 4.79 Å². The highest BCUT2D eigenvalue weighted by molar-refractivity contribution is 8.23. The van der Waals surface area contributed by atoms with Crippen molar-refractivity contribution in [2.24, 2.45) is 0 Å². The summed E-state index contributed by atoms with van der Waals surface area (Å²) in [4.78, 5) is 37.0. The van der Waals surface area contributed by atoms with Crippen molar-refractivity contribution in [2.45, 2.75) is 38.0 Å². The number of carbonyl (C=O) groups excluding carboxylic acids is 3. The van der Waals surface area contributed by atoms with E-state index in [0.717, 1.165) is 0 Å². The summed E-state index contributed by atoms with van der Waals surface area (Å²) in [5.41, 5.74) is 1.71. The van der Waals surface area contributed by atoms with Gasteiger partial charge in [-0.2, -0.15) is 0 Å². The highest BCUT2D eigenvalue weighted by Crippen LogP contribution is 2.32. The Morgan fingerprint density at radius 3 is 2.54 bits per heavy atom. The van der Waals surface area contributed by atoms with Crippen LogP contribution in [0.4, 0.5) is 0 Å². The third kappa shape index (κ3) is 5.54. The molecule has 1 aliphatic carbocycles. The second kappa shape index (κ2) is 10.0. The van der Waals surface area contributed by atoms with E-state index in [4.69, 9.17) is 17.0 Å². The van der Waals surface area contributed by atoms with Crippen LogP contribution in [-0.4, -0.2) is 52.5 Å². The van der Waals surface area contributed by atoms with Crippen molar-refractivity contribution in [3.8, 4) is 0 Å². The standard InChI is InChI=1S/C20H24N2O4S2/c23-17(21-10-11-22-18(24)13-28-20(22)27)12-26-19(25)16-8-6-15(7-9-16)14-4-2-1-3-5-14/h6-9,14H,1-5,10-13H2,(H,21,23).